The van der Waals surface area contributed by atoms with Gasteiger partial charge in [0, 0.05) is 35.7 Å². The minimum atomic E-state index is -0.0336. The second-order valence-corrected chi connectivity index (χ2v) is 5.81. The van der Waals surface area contributed by atoms with Gasteiger partial charge in [-0.2, -0.15) is 0 Å². The molecular weight excluding hydrogens is 322 g/mol. The number of hydrogen-bond donors (Lipinski definition) is 1. The van der Waals surface area contributed by atoms with E-state index in [4.69, 9.17) is 11.6 Å². The Balaban J connectivity index is 1.54. The molecule has 0 saturated heterocycles. The largest absolute Gasteiger partial charge is 0.352 e. The number of hydrogen-bond acceptors (Lipinski definition) is 3. The van der Waals surface area contributed by atoms with Gasteiger partial charge < -0.3 is 5.32 Å². The van der Waals surface area contributed by atoms with Gasteiger partial charge in [0.1, 0.15) is 0 Å². The third-order valence-electron chi connectivity index (χ3n) is 3.55. The lowest BCUT2D eigenvalue weighted by Gasteiger charge is -2.06. The standard InChI is InChI=1S/C19H16ClN3O/c20-17-6-3-14(4-7-17)10-19(24)23-12-15-5-8-18(22-11-15)16-2-1-9-21-13-16/h1-9,11,13H,10,12H2,(H,23,24). The summed E-state index contributed by atoms with van der Waals surface area (Å²) >= 11 is 5.84. The molecule has 0 radical (unpaired) electrons. The molecule has 0 aliphatic rings. The van der Waals surface area contributed by atoms with Crippen molar-refractivity contribution in [2.24, 2.45) is 0 Å². The normalized spacial score (nSPS) is 10.4. The SMILES string of the molecule is O=C(Cc1ccc(Cl)cc1)NCc1ccc(-c2cccnc2)nc1. The molecule has 1 amide bonds. The molecule has 0 aliphatic carbocycles. The number of carbonyl (C=O) groups is 1. The van der Waals surface area contributed by atoms with Crippen LogP contribution in [0.25, 0.3) is 11.3 Å². The van der Waals surface area contributed by atoms with E-state index < -0.39 is 0 Å². The molecule has 0 fully saturated rings. The van der Waals surface area contributed by atoms with Gasteiger partial charge in [-0.15, -0.1) is 0 Å². The highest BCUT2D eigenvalue weighted by Crippen LogP contribution is 2.15. The van der Waals surface area contributed by atoms with E-state index in [2.05, 4.69) is 15.3 Å². The number of nitrogens with zero attached hydrogens (tertiary/aromatic N) is 2. The molecular formula is C19H16ClN3O. The van der Waals surface area contributed by atoms with Crippen molar-refractivity contribution in [1.82, 2.24) is 15.3 Å². The van der Waals surface area contributed by atoms with Gasteiger partial charge in [-0.3, -0.25) is 14.8 Å². The maximum atomic E-state index is 12.0. The maximum absolute atomic E-state index is 12.0. The van der Waals surface area contributed by atoms with Gasteiger partial charge in [-0.25, -0.2) is 0 Å². The third-order valence-corrected chi connectivity index (χ3v) is 3.80. The second-order valence-electron chi connectivity index (χ2n) is 5.37. The minimum absolute atomic E-state index is 0.0336. The topological polar surface area (TPSA) is 54.9 Å². The molecule has 0 atom stereocenters. The predicted octanol–water partition coefficient (Wildman–Crippen LogP) is 3.66. The van der Waals surface area contributed by atoms with Gasteiger partial charge in [0.15, 0.2) is 0 Å². The first-order valence-corrected chi connectivity index (χ1v) is 7.95. The highest BCUT2D eigenvalue weighted by Gasteiger charge is 2.04. The molecule has 5 heteroatoms. The summed E-state index contributed by atoms with van der Waals surface area (Å²) in [6.07, 6.45) is 5.60. The Hall–Kier alpha value is -2.72. The molecule has 1 N–H and O–H groups in total. The average Bonchev–Trinajstić information content (AvgIpc) is 2.63. The molecule has 2 aromatic heterocycles. The van der Waals surface area contributed by atoms with Crippen molar-refractivity contribution in [2.45, 2.75) is 13.0 Å². The van der Waals surface area contributed by atoms with Crippen LogP contribution >= 0.6 is 11.6 Å². The summed E-state index contributed by atoms with van der Waals surface area (Å²) in [5.41, 5.74) is 3.71. The Kier molecular flexibility index (Phi) is 5.18. The van der Waals surface area contributed by atoms with Crippen LogP contribution in [0.15, 0.2) is 67.1 Å². The number of amides is 1. The van der Waals surface area contributed by atoms with Crippen LogP contribution in [-0.4, -0.2) is 15.9 Å². The summed E-state index contributed by atoms with van der Waals surface area (Å²) < 4.78 is 0. The third kappa shape index (κ3) is 4.40. The van der Waals surface area contributed by atoms with E-state index in [0.29, 0.717) is 18.0 Å². The maximum Gasteiger partial charge on any atom is 0.224 e. The van der Waals surface area contributed by atoms with E-state index in [0.717, 1.165) is 22.4 Å². The van der Waals surface area contributed by atoms with Crippen LogP contribution in [0.1, 0.15) is 11.1 Å². The van der Waals surface area contributed by atoms with Gasteiger partial charge in [0.2, 0.25) is 5.91 Å². The van der Waals surface area contributed by atoms with Crippen LogP contribution in [0.5, 0.6) is 0 Å². The fourth-order valence-electron chi connectivity index (χ4n) is 2.26. The fourth-order valence-corrected chi connectivity index (χ4v) is 2.39. The Morgan fingerprint density at radius 3 is 2.46 bits per heavy atom. The monoisotopic (exact) mass is 337 g/mol. The second kappa shape index (κ2) is 7.70. The molecule has 120 valence electrons. The van der Waals surface area contributed by atoms with E-state index in [9.17, 15) is 4.79 Å². The number of halogens is 1. The Bertz CT molecular complexity index is 802. The van der Waals surface area contributed by atoms with Crippen molar-refractivity contribution < 1.29 is 4.79 Å². The highest BCUT2D eigenvalue weighted by molar-refractivity contribution is 6.30. The predicted molar refractivity (Wildman–Crippen MR) is 94.5 cm³/mol. The Morgan fingerprint density at radius 2 is 1.79 bits per heavy atom. The number of carbonyl (C=O) groups excluding carboxylic acids is 1. The van der Waals surface area contributed by atoms with Crippen molar-refractivity contribution >= 4 is 17.5 Å². The van der Waals surface area contributed by atoms with Crippen molar-refractivity contribution in [3.05, 3.63) is 83.3 Å². The summed E-state index contributed by atoms with van der Waals surface area (Å²) in [6, 6.07) is 15.0. The molecule has 0 bridgehead atoms. The summed E-state index contributed by atoms with van der Waals surface area (Å²) in [4.78, 5) is 20.5. The van der Waals surface area contributed by atoms with Crippen molar-refractivity contribution in [1.29, 1.82) is 0 Å². The smallest absolute Gasteiger partial charge is 0.224 e. The lowest BCUT2D eigenvalue weighted by molar-refractivity contribution is -0.120. The van der Waals surface area contributed by atoms with Crippen molar-refractivity contribution in [2.75, 3.05) is 0 Å². The summed E-state index contributed by atoms with van der Waals surface area (Å²) in [7, 11) is 0. The van der Waals surface area contributed by atoms with Crippen molar-refractivity contribution in [3.8, 4) is 11.3 Å². The Morgan fingerprint density at radius 1 is 1.00 bits per heavy atom. The van der Waals surface area contributed by atoms with E-state index >= 15 is 0 Å². The zero-order chi connectivity index (χ0) is 16.8. The molecule has 0 spiro atoms. The molecule has 24 heavy (non-hydrogen) atoms. The van der Waals surface area contributed by atoms with E-state index in [1.165, 1.54) is 0 Å². The molecule has 0 saturated carbocycles. The summed E-state index contributed by atoms with van der Waals surface area (Å²) in [5.74, 6) is -0.0336. The lowest BCUT2D eigenvalue weighted by Crippen LogP contribution is -2.24. The first-order chi connectivity index (χ1) is 11.7. The Labute approximate surface area is 145 Å². The van der Waals surface area contributed by atoms with Gasteiger partial charge >= 0.3 is 0 Å². The average molecular weight is 338 g/mol. The zero-order valence-corrected chi connectivity index (χ0v) is 13.7. The van der Waals surface area contributed by atoms with Crippen LogP contribution in [0, 0.1) is 0 Å². The van der Waals surface area contributed by atoms with Gasteiger partial charge in [-0.05, 0) is 41.5 Å². The van der Waals surface area contributed by atoms with E-state index in [-0.39, 0.29) is 5.91 Å². The summed E-state index contributed by atoms with van der Waals surface area (Å²) in [5, 5.41) is 3.56. The quantitative estimate of drug-likeness (QED) is 0.773. The van der Waals surface area contributed by atoms with Crippen LogP contribution in [0.2, 0.25) is 5.02 Å². The number of benzene rings is 1. The molecule has 3 aromatic rings. The minimum Gasteiger partial charge on any atom is -0.352 e. The van der Waals surface area contributed by atoms with E-state index in [1.54, 1.807) is 30.7 Å². The lowest BCUT2D eigenvalue weighted by atomic mass is 10.1. The first-order valence-electron chi connectivity index (χ1n) is 7.57. The molecule has 3 rings (SSSR count). The summed E-state index contributed by atoms with van der Waals surface area (Å²) in [6.45, 7) is 0.451. The molecule has 2 heterocycles. The molecule has 4 nitrogen and oxygen atoms in total. The number of rotatable bonds is 5. The number of pyridine rings is 2. The molecule has 0 aliphatic heterocycles. The first kappa shape index (κ1) is 16.1. The fraction of sp³-hybridized carbons (Fsp3) is 0.105. The van der Waals surface area contributed by atoms with Crippen LogP contribution in [-0.2, 0) is 17.8 Å². The number of nitrogens with one attached hydrogen (secondary N) is 1. The van der Waals surface area contributed by atoms with Crippen molar-refractivity contribution in [3.63, 3.8) is 0 Å². The van der Waals surface area contributed by atoms with Crippen LogP contribution in [0.4, 0.5) is 0 Å². The van der Waals surface area contributed by atoms with Gasteiger partial charge in [-0.1, -0.05) is 29.8 Å². The van der Waals surface area contributed by atoms with E-state index in [1.807, 2.05) is 36.4 Å². The zero-order valence-electron chi connectivity index (χ0n) is 12.9. The van der Waals surface area contributed by atoms with Crippen LogP contribution < -0.4 is 5.32 Å². The van der Waals surface area contributed by atoms with Crippen LogP contribution in [0.3, 0.4) is 0 Å². The highest BCUT2D eigenvalue weighted by atomic mass is 35.5. The number of aromatic nitrogens is 2. The van der Waals surface area contributed by atoms with Gasteiger partial charge in [0.05, 0.1) is 12.1 Å². The molecule has 1 aromatic carbocycles. The molecule has 0 unspecified atom stereocenters. The van der Waals surface area contributed by atoms with Gasteiger partial charge in [0.25, 0.3) is 0 Å².